The minimum Gasteiger partial charge on any atom is -0.390 e. The highest BCUT2D eigenvalue weighted by atomic mass is 16.3. The fraction of sp³-hybridized carbons (Fsp3) is 0.882. The summed E-state index contributed by atoms with van der Waals surface area (Å²) < 4.78 is 0. The molecule has 0 saturated heterocycles. The molecule has 2 nitrogen and oxygen atoms in total. The molecule has 1 aliphatic carbocycles. The van der Waals surface area contributed by atoms with E-state index in [0.29, 0.717) is 6.04 Å². The lowest BCUT2D eigenvalue weighted by Crippen LogP contribution is -2.23. The van der Waals surface area contributed by atoms with E-state index < -0.39 is 5.60 Å². The van der Waals surface area contributed by atoms with E-state index in [1.54, 1.807) is 0 Å². The molecule has 0 bridgehead atoms. The molecule has 1 rings (SSSR count). The Morgan fingerprint density at radius 1 is 0.895 bits per heavy atom. The average molecular weight is 267 g/mol. The van der Waals surface area contributed by atoms with Crippen LogP contribution in [0.5, 0.6) is 0 Å². The summed E-state index contributed by atoms with van der Waals surface area (Å²) >= 11 is 0. The number of hydrogen-bond donors (Lipinski definition) is 2. The third-order valence-electron chi connectivity index (χ3n) is 4.25. The van der Waals surface area contributed by atoms with Gasteiger partial charge in [0, 0.05) is 6.04 Å². The minimum atomic E-state index is -0.474. The summed E-state index contributed by atoms with van der Waals surface area (Å²) in [6.07, 6.45) is 18.3. The van der Waals surface area contributed by atoms with Crippen LogP contribution in [0.15, 0.2) is 12.2 Å². The van der Waals surface area contributed by atoms with Gasteiger partial charge in [-0.2, -0.15) is 0 Å². The molecule has 0 radical (unpaired) electrons. The van der Waals surface area contributed by atoms with Crippen LogP contribution in [0.3, 0.4) is 0 Å². The van der Waals surface area contributed by atoms with Crippen LogP contribution in [-0.4, -0.2) is 16.7 Å². The summed E-state index contributed by atoms with van der Waals surface area (Å²) in [4.78, 5) is 0. The van der Waals surface area contributed by atoms with Crippen molar-refractivity contribution >= 4 is 0 Å². The molecule has 2 atom stereocenters. The number of nitrogens with two attached hydrogens (primary N) is 1. The van der Waals surface area contributed by atoms with Gasteiger partial charge in [0.25, 0.3) is 0 Å². The van der Waals surface area contributed by atoms with Gasteiger partial charge in [0.15, 0.2) is 0 Å². The van der Waals surface area contributed by atoms with Crippen molar-refractivity contribution in [2.24, 2.45) is 5.73 Å². The molecular weight excluding hydrogens is 234 g/mol. The van der Waals surface area contributed by atoms with E-state index in [1.165, 1.54) is 44.9 Å². The first kappa shape index (κ1) is 16.7. The molecule has 19 heavy (non-hydrogen) atoms. The number of allylic oxidation sites excluding steroid dienone is 2. The Morgan fingerprint density at radius 2 is 1.53 bits per heavy atom. The Kier molecular flexibility index (Phi) is 8.40. The van der Waals surface area contributed by atoms with Crippen LogP contribution in [0.2, 0.25) is 0 Å². The second kappa shape index (κ2) is 9.55. The molecule has 0 aliphatic heterocycles. The molecule has 0 aromatic heterocycles. The van der Waals surface area contributed by atoms with Crippen LogP contribution < -0.4 is 5.73 Å². The van der Waals surface area contributed by atoms with E-state index in [2.05, 4.69) is 12.2 Å². The number of rotatable bonds is 0. The Bertz CT molecular complexity index is 248. The monoisotopic (exact) mass is 267 g/mol. The molecule has 2 heteroatoms. The zero-order valence-electron chi connectivity index (χ0n) is 12.7. The van der Waals surface area contributed by atoms with E-state index in [1.807, 2.05) is 6.92 Å². The Morgan fingerprint density at radius 3 is 2.32 bits per heavy atom. The van der Waals surface area contributed by atoms with Gasteiger partial charge in [-0.3, -0.25) is 0 Å². The van der Waals surface area contributed by atoms with Gasteiger partial charge in [-0.05, 0) is 51.9 Å². The molecule has 0 aromatic carbocycles. The van der Waals surface area contributed by atoms with Crippen molar-refractivity contribution in [1.29, 1.82) is 0 Å². The first-order valence-corrected chi connectivity index (χ1v) is 8.23. The van der Waals surface area contributed by atoms with Crippen molar-refractivity contribution < 1.29 is 5.11 Å². The first-order valence-electron chi connectivity index (χ1n) is 8.23. The topological polar surface area (TPSA) is 46.2 Å². The largest absolute Gasteiger partial charge is 0.390 e. The van der Waals surface area contributed by atoms with Crippen LogP contribution in [0.4, 0.5) is 0 Å². The highest BCUT2D eigenvalue weighted by molar-refractivity contribution is 4.85. The quantitative estimate of drug-likeness (QED) is 0.642. The van der Waals surface area contributed by atoms with Gasteiger partial charge in [-0.15, -0.1) is 0 Å². The van der Waals surface area contributed by atoms with Gasteiger partial charge >= 0.3 is 0 Å². The average Bonchev–Trinajstić information content (AvgIpc) is 2.35. The van der Waals surface area contributed by atoms with Gasteiger partial charge in [-0.25, -0.2) is 0 Å². The highest BCUT2D eigenvalue weighted by Gasteiger charge is 2.18. The van der Waals surface area contributed by atoms with Gasteiger partial charge in [0.1, 0.15) is 0 Å². The third-order valence-corrected chi connectivity index (χ3v) is 4.25. The molecule has 0 saturated carbocycles. The second-order valence-corrected chi connectivity index (χ2v) is 6.50. The van der Waals surface area contributed by atoms with Gasteiger partial charge in [0.2, 0.25) is 0 Å². The van der Waals surface area contributed by atoms with Crippen molar-refractivity contribution in [1.82, 2.24) is 0 Å². The zero-order valence-corrected chi connectivity index (χ0v) is 12.7. The lowest BCUT2D eigenvalue weighted by Gasteiger charge is -2.22. The molecule has 1 aliphatic rings. The second-order valence-electron chi connectivity index (χ2n) is 6.50. The molecule has 0 spiro atoms. The van der Waals surface area contributed by atoms with E-state index in [0.717, 1.165) is 32.1 Å². The maximum atomic E-state index is 10.3. The molecule has 112 valence electrons. The van der Waals surface area contributed by atoms with E-state index >= 15 is 0 Å². The zero-order chi connectivity index (χ0) is 14.0. The van der Waals surface area contributed by atoms with Gasteiger partial charge in [-0.1, -0.05) is 44.3 Å². The van der Waals surface area contributed by atoms with Crippen molar-refractivity contribution in [3.05, 3.63) is 12.2 Å². The molecule has 0 fully saturated rings. The Balaban J connectivity index is 2.34. The Hall–Kier alpha value is -0.340. The van der Waals surface area contributed by atoms with Crippen molar-refractivity contribution in [2.75, 3.05) is 0 Å². The summed E-state index contributed by atoms with van der Waals surface area (Å²) in [6, 6.07) is 0.403. The van der Waals surface area contributed by atoms with Crippen LogP contribution in [0.1, 0.15) is 84.0 Å². The summed E-state index contributed by atoms with van der Waals surface area (Å²) in [7, 11) is 0. The SMILES string of the molecule is CC1(O)CC/C=C\CCCCC(N)CCCCCC1. The molecule has 3 N–H and O–H groups in total. The molecular formula is C17H33NO. The number of aliphatic hydroxyl groups is 1. The number of hydrogen-bond acceptors (Lipinski definition) is 2. The summed E-state index contributed by atoms with van der Waals surface area (Å²) in [5, 5.41) is 10.3. The molecule has 0 aromatic rings. The van der Waals surface area contributed by atoms with Crippen LogP contribution >= 0.6 is 0 Å². The van der Waals surface area contributed by atoms with Gasteiger partial charge < -0.3 is 10.8 Å². The predicted octanol–water partition coefficient (Wildman–Crippen LogP) is 4.32. The third kappa shape index (κ3) is 9.23. The normalized spacial score (nSPS) is 34.8. The smallest absolute Gasteiger partial charge is 0.0622 e. The first-order chi connectivity index (χ1) is 9.10. The maximum absolute atomic E-state index is 10.3. The van der Waals surface area contributed by atoms with Crippen LogP contribution in [0.25, 0.3) is 0 Å². The molecule has 2 unspecified atom stereocenters. The fourth-order valence-corrected chi connectivity index (χ4v) is 2.83. The predicted molar refractivity (Wildman–Crippen MR) is 83.1 cm³/mol. The van der Waals surface area contributed by atoms with Crippen molar-refractivity contribution in [2.45, 2.75) is 95.6 Å². The van der Waals surface area contributed by atoms with E-state index in [-0.39, 0.29) is 0 Å². The minimum absolute atomic E-state index is 0.403. The summed E-state index contributed by atoms with van der Waals surface area (Å²) in [5.41, 5.74) is 5.65. The summed E-state index contributed by atoms with van der Waals surface area (Å²) in [6.45, 7) is 1.99. The van der Waals surface area contributed by atoms with E-state index in [9.17, 15) is 5.11 Å². The standard InChI is InChI=1S/C17H33NO/c1-17(19)14-10-6-3-2-4-8-12-16(18)13-9-5-7-11-15-17/h3,6,16,19H,2,4-5,7-15,18H2,1H3/b6-3-. The van der Waals surface area contributed by atoms with E-state index in [4.69, 9.17) is 5.73 Å². The van der Waals surface area contributed by atoms with Crippen molar-refractivity contribution in [3.63, 3.8) is 0 Å². The Labute approximate surface area is 119 Å². The summed E-state index contributed by atoms with van der Waals surface area (Å²) in [5.74, 6) is 0. The van der Waals surface area contributed by atoms with Gasteiger partial charge in [0.05, 0.1) is 5.60 Å². The lowest BCUT2D eigenvalue weighted by atomic mass is 9.92. The maximum Gasteiger partial charge on any atom is 0.0622 e. The lowest BCUT2D eigenvalue weighted by molar-refractivity contribution is 0.0402. The molecule has 0 amide bonds. The van der Waals surface area contributed by atoms with Crippen LogP contribution in [-0.2, 0) is 0 Å². The molecule has 0 heterocycles. The highest BCUT2D eigenvalue weighted by Crippen LogP contribution is 2.21. The van der Waals surface area contributed by atoms with Crippen molar-refractivity contribution in [3.8, 4) is 0 Å². The van der Waals surface area contributed by atoms with Crippen LogP contribution in [0, 0.1) is 0 Å². The fourth-order valence-electron chi connectivity index (χ4n) is 2.83.